The van der Waals surface area contributed by atoms with E-state index in [1.165, 1.54) is 0 Å². The molecular weight excluding hydrogens is 347 g/mol. The van der Waals surface area contributed by atoms with Gasteiger partial charge in [-0.05, 0) is 30.2 Å². The summed E-state index contributed by atoms with van der Waals surface area (Å²) in [6, 6.07) is 12.7. The van der Waals surface area contributed by atoms with Gasteiger partial charge in [0.05, 0.1) is 22.2 Å². The molecule has 0 heterocycles. The van der Waals surface area contributed by atoms with Gasteiger partial charge >= 0.3 is 5.97 Å². The van der Waals surface area contributed by atoms with Crippen LogP contribution in [0.5, 0.6) is 0 Å². The molecule has 2 aromatic rings. The van der Waals surface area contributed by atoms with Crippen LogP contribution in [-0.4, -0.2) is 18.6 Å². The fraction of sp³-hybridized carbons (Fsp3) is 0.278. The molecule has 0 aliphatic heterocycles. The molecule has 6 heteroatoms. The van der Waals surface area contributed by atoms with Gasteiger partial charge in [0.1, 0.15) is 6.10 Å². The van der Waals surface area contributed by atoms with Crippen LogP contribution in [-0.2, 0) is 16.0 Å². The zero-order valence-corrected chi connectivity index (χ0v) is 14.9. The predicted molar refractivity (Wildman–Crippen MR) is 99.1 cm³/mol. The molecule has 24 heavy (non-hydrogen) atoms. The molecule has 0 aromatic heterocycles. The summed E-state index contributed by atoms with van der Waals surface area (Å²) in [4.78, 5) is 12.1. The van der Waals surface area contributed by atoms with Gasteiger partial charge in [-0.1, -0.05) is 54.4 Å². The van der Waals surface area contributed by atoms with Gasteiger partial charge < -0.3 is 15.8 Å². The number of carbonyl (C=O) groups excluding carboxylic acids is 1. The molecule has 0 radical (unpaired) electrons. The molecule has 1 unspecified atom stereocenters. The summed E-state index contributed by atoms with van der Waals surface area (Å²) in [5.74, 6) is -0.313. The lowest BCUT2D eigenvalue weighted by Crippen LogP contribution is -2.26. The molecule has 1 atom stereocenters. The first-order valence-corrected chi connectivity index (χ1v) is 8.49. The highest BCUT2D eigenvalue weighted by Gasteiger charge is 2.14. The average molecular weight is 367 g/mol. The Labute approximate surface area is 151 Å². The molecule has 0 fully saturated rings. The van der Waals surface area contributed by atoms with Crippen molar-refractivity contribution in [3.05, 3.63) is 58.1 Å². The SMILES string of the molecule is CCC(CN)OC(=O)Cc1ccccc1Nc1c(Cl)cccc1Cl. The zero-order chi connectivity index (χ0) is 17.5. The number of anilines is 2. The summed E-state index contributed by atoms with van der Waals surface area (Å²) < 4.78 is 5.36. The van der Waals surface area contributed by atoms with Crippen molar-refractivity contribution in [3.8, 4) is 0 Å². The summed E-state index contributed by atoms with van der Waals surface area (Å²) >= 11 is 12.4. The number of nitrogens with one attached hydrogen (secondary N) is 1. The van der Waals surface area contributed by atoms with E-state index in [4.69, 9.17) is 33.7 Å². The lowest BCUT2D eigenvalue weighted by Gasteiger charge is -2.16. The third-order valence-corrected chi connectivity index (χ3v) is 4.22. The van der Waals surface area contributed by atoms with Crippen LogP contribution in [0.25, 0.3) is 0 Å². The second kappa shape index (κ2) is 8.92. The molecular formula is C18H20Cl2N2O2. The van der Waals surface area contributed by atoms with Crippen molar-refractivity contribution in [2.75, 3.05) is 11.9 Å². The Morgan fingerprint density at radius 1 is 1.17 bits per heavy atom. The fourth-order valence-electron chi connectivity index (χ4n) is 2.23. The maximum atomic E-state index is 12.1. The number of para-hydroxylation sites is 2. The van der Waals surface area contributed by atoms with Gasteiger partial charge in [0.25, 0.3) is 0 Å². The minimum absolute atomic E-state index is 0.141. The molecule has 128 valence electrons. The van der Waals surface area contributed by atoms with E-state index in [2.05, 4.69) is 5.32 Å². The first kappa shape index (κ1) is 18.6. The van der Waals surface area contributed by atoms with Crippen LogP contribution in [0.2, 0.25) is 10.0 Å². The fourth-order valence-corrected chi connectivity index (χ4v) is 2.72. The van der Waals surface area contributed by atoms with Crippen LogP contribution in [0.3, 0.4) is 0 Å². The van der Waals surface area contributed by atoms with E-state index >= 15 is 0 Å². The van der Waals surface area contributed by atoms with Crippen molar-refractivity contribution in [1.29, 1.82) is 0 Å². The zero-order valence-electron chi connectivity index (χ0n) is 13.4. The Bertz CT molecular complexity index is 683. The summed E-state index contributed by atoms with van der Waals surface area (Å²) in [7, 11) is 0. The first-order chi connectivity index (χ1) is 11.5. The van der Waals surface area contributed by atoms with Crippen LogP contribution in [0.15, 0.2) is 42.5 Å². The van der Waals surface area contributed by atoms with Crippen LogP contribution >= 0.6 is 23.2 Å². The third-order valence-electron chi connectivity index (χ3n) is 3.59. The molecule has 0 aliphatic carbocycles. The maximum absolute atomic E-state index is 12.1. The smallest absolute Gasteiger partial charge is 0.310 e. The summed E-state index contributed by atoms with van der Waals surface area (Å²) in [5, 5.41) is 4.22. The number of rotatable bonds is 7. The predicted octanol–water partition coefficient (Wildman–Crippen LogP) is 4.56. The van der Waals surface area contributed by atoms with E-state index in [-0.39, 0.29) is 18.5 Å². The average Bonchev–Trinajstić information content (AvgIpc) is 2.57. The topological polar surface area (TPSA) is 64.3 Å². The van der Waals surface area contributed by atoms with Gasteiger partial charge in [-0.15, -0.1) is 0 Å². The van der Waals surface area contributed by atoms with Crippen LogP contribution in [0.1, 0.15) is 18.9 Å². The van der Waals surface area contributed by atoms with Crippen molar-refractivity contribution in [2.45, 2.75) is 25.9 Å². The summed E-state index contributed by atoms with van der Waals surface area (Å²) in [6.07, 6.45) is 0.578. The Morgan fingerprint density at radius 3 is 2.46 bits per heavy atom. The molecule has 0 spiro atoms. The molecule has 0 aliphatic rings. The van der Waals surface area contributed by atoms with E-state index in [0.717, 1.165) is 11.3 Å². The van der Waals surface area contributed by atoms with Crippen molar-refractivity contribution in [1.82, 2.24) is 0 Å². The standard InChI is InChI=1S/C18H20Cl2N2O2/c1-2-13(11-21)24-17(23)10-12-6-3-4-9-16(12)22-18-14(19)7-5-8-15(18)20/h3-9,13,22H,2,10-11,21H2,1H3. The number of benzene rings is 2. The van der Waals surface area contributed by atoms with Gasteiger partial charge in [-0.3, -0.25) is 4.79 Å². The quantitative estimate of drug-likeness (QED) is 0.704. The molecule has 0 bridgehead atoms. The maximum Gasteiger partial charge on any atom is 0.310 e. The van der Waals surface area contributed by atoms with Crippen LogP contribution in [0.4, 0.5) is 11.4 Å². The van der Waals surface area contributed by atoms with Gasteiger partial charge in [0, 0.05) is 12.2 Å². The Kier molecular flexibility index (Phi) is 6.91. The lowest BCUT2D eigenvalue weighted by atomic mass is 10.1. The lowest BCUT2D eigenvalue weighted by molar-refractivity contribution is -0.147. The molecule has 3 N–H and O–H groups in total. The molecule has 4 nitrogen and oxygen atoms in total. The minimum atomic E-state index is -0.313. The van der Waals surface area contributed by atoms with Gasteiger partial charge in [-0.25, -0.2) is 0 Å². The van der Waals surface area contributed by atoms with Gasteiger partial charge in [-0.2, -0.15) is 0 Å². The van der Waals surface area contributed by atoms with Crippen molar-refractivity contribution in [3.63, 3.8) is 0 Å². The van der Waals surface area contributed by atoms with E-state index in [9.17, 15) is 4.79 Å². The molecule has 2 aromatic carbocycles. The Hall–Kier alpha value is -1.75. The monoisotopic (exact) mass is 366 g/mol. The molecule has 2 rings (SSSR count). The summed E-state index contributed by atoms with van der Waals surface area (Å²) in [6.45, 7) is 2.25. The molecule has 0 amide bonds. The number of carbonyl (C=O) groups is 1. The largest absolute Gasteiger partial charge is 0.461 e. The van der Waals surface area contributed by atoms with E-state index in [1.807, 2.05) is 31.2 Å². The Balaban J connectivity index is 2.17. The number of hydrogen-bond acceptors (Lipinski definition) is 4. The van der Waals surface area contributed by atoms with Crippen LogP contribution in [0, 0.1) is 0 Å². The van der Waals surface area contributed by atoms with Crippen molar-refractivity contribution >= 4 is 40.5 Å². The number of hydrogen-bond donors (Lipinski definition) is 2. The Morgan fingerprint density at radius 2 is 1.83 bits per heavy atom. The minimum Gasteiger partial charge on any atom is -0.461 e. The molecule has 0 saturated carbocycles. The number of ether oxygens (including phenoxy) is 1. The number of esters is 1. The number of halogens is 2. The van der Waals surface area contributed by atoms with Crippen molar-refractivity contribution in [2.24, 2.45) is 5.73 Å². The van der Waals surface area contributed by atoms with E-state index in [0.29, 0.717) is 28.7 Å². The van der Waals surface area contributed by atoms with Crippen molar-refractivity contribution < 1.29 is 9.53 Å². The van der Waals surface area contributed by atoms with Gasteiger partial charge in [0.2, 0.25) is 0 Å². The highest BCUT2D eigenvalue weighted by Crippen LogP contribution is 2.33. The summed E-state index contributed by atoms with van der Waals surface area (Å²) in [5.41, 5.74) is 7.73. The third kappa shape index (κ3) is 4.87. The second-order valence-electron chi connectivity index (χ2n) is 5.31. The van der Waals surface area contributed by atoms with E-state index in [1.54, 1.807) is 18.2 Å². The normalized spacial score (nSPS) is 11.8. The van der Waals surface area contributed by atoms with E-state index < -0.39 is 0 Å². The molecule has 0 saturated heterocycles. The van der Waals surface area contributed by atoms with Crippen LogP contribution < -0.4 is 11.1 Å². The number of nitrogens with two attached hydrogens (primary N) is 1. The second-order valence-corrected chi connectivity index (χ2v) is 6.13. The highest BCUT2D eigenvalue weighted by molar-refractivity contribution is 6.39. The van der Waals surface area contributed by atoms with Gasteiger partial charge in [0.15, 0.2) is 0 Å². The highest BCUT2D eigenvalue weighted by atomic mass is 35.5. The first-order valence-electron chi connectivity index (χ1n) is 7.73.